The fraction of sp³-hybridized carbons (Fsp3) is 0.467. The van der Waals surface area contributed by atoms with Gasteiger partial charge in [-0.3, -0.25) is 9.59 Å². The summed E-state index contributed by atoms with van der Waals surface area (Å²) in [5.41, 5.74) is 0.385. The fourth-order valence-corrected chi connectivity index (χ4v) is 1.94. The number of carbonyl (C=O) groups is 2. The van der Waals surface area contributed by atoms with E-state index in [0.29, 0.717) is 24.3 Å². The first kappa shape index (κ1) is 17.0. The summed E-state index contributed by atoms with van der Waals surface area (Å²) in [6.45, 7) is 1.87. The Morgan fingerprint density at radius 1 is 1.33 bits per heavy atom. The number of carboxylic acid groups (broad SMARTS) is 1. The van der Waals surface area contributed by atoms with E-state index in [0.717, 1.165) is 0 Å². The van der Waals surface area contributed by atoms with Crippen molar-refractivity contribution in [3.05, 3.63) is 29.8 Å². The molecule has 0 aromatic heterocycles. The van der Waals surface area contributed by atoms with Crippen molar-refractivity contribution in [3.63, 3.8) is 0 Å². The largest absolute Gasteiger partial charge is 0.496 e. The van der Waals surface area contributed by atoms with Crippen molar-refractivity contribution in [1.82, 2.24) is 4.90 Å². The number of amides is 1. The summed E-state index contributed by atoms with van der Waals surface area (Å²) in [6, 6.07) is 6.80. The number of rotatable bonds is 8. The monoisotopic (exact) mass is 295 g/mol. The second-order valence-corrected chi connectivity index (χ2v) is 4.77. The van der Waals surface area contributed by atoms with Crippen LogP contribution in [0.3, 0.4) is 0 Å². The number of para-hydroxylation sites is 1. The molecule has 1 unspecified atom stereocenters. The van der Waals surface area contributed by atoms with Crippen LogP contribution < -0.4 is 4.74 Å². The molecule has 0 aliphatic heterocycles. The first-order valence-electron chi connectivity index (χ1n) is 6.77. The van der Waals surface area contributed by atoms with Gasteiger partial charge >= 0.3 is 5.97 Å². The Hall–Kier alpha value is -2.08. The summed E-state index contributed by atoms with van der Waals surface area (Å²) in [5, 5.41) is 17.9. The molecule has 6 nitrogen and oxygen atoms in total. The summed E-state index contributed by atoms with van der Waals surface area (Å²) >= 11 is 0. The average molecular weight is 295 g/mol. The third-order valence-corrected chi connectivity index (χ3v) is 3.13. The van der Waals surface area contributed by atoms with Gasteiger partial charge in [0.1, 0.15) is 5.75 Å². The Balaban J connectivity index is 2.95. The lowest BCUT2D eigenvalue weighted by Gasteiger charge is -2.25. The number of carboxylic acids is 1. The number of aliphatic hydroxyl groups is 1. The molecule has 0 bridgehead atoms. The van der Waals surface area contributed by atoms with Crippen LogP contribution >= 0.6 is 0 Å². The maximum Gasteiger partial charge on any atom is 0.308 e. The predicted octanol–water partition coefficient (Wildman–Crippen LogP) is 1.24. The standard InChI is InChI=1S/C15H21NO5/c1-11(15(19)20)10-16(8-5-9-17)14(18)12-6-3-4-7-13(12)21-2/h3-4,6-7,11,17H,5,8-10H2,1-2H3,(H,19,20). The van der Waals surface area contributed by atoms with Crippen LogP contribution in [0, 0.1) is 5.92 Å². The summed E-state index contributed by atoms with van der Waals surface area (Å²) in [5.74, 6) is -1.49. The minimum Gasteiger partial charge on any atom is -0.496 e. The van der Waals surface area contributed by atoms with E-state index < -0.39 is 11.9 Å². The highest BCUT2D eigenvalue weighted by Crippen LogP contribution is 2.20. The number of carbonyl (C=O) groups excluding carboxylic acids is 1. The van der Waals surface area contributed by atoms with Crippen molar-refractivity contribution in [1.29, 1.82) is 0 Å². The molecule has 1 atom stereocenters. The van der Waals surface area contributed by atoms with Crippen LogP contribution in [-0.2, 0) is 4.79 Å². The number of aliphatic carboxylic acids is 1. The SMILES string of the molecule is COc1ccccc1C(=O)N(CCCO)CC(C)C(=O)O. The molecule has 6 heteroatoms. The van der Waals surface area contributed by atoms with Gasteiger partial charge in [0.2, 0.25) is 0 Å². The van der Waals surface area contributed by atoms with Crippen LogP contribution in [0.2, 0.25) is 0 Å². The van der Waals surface area contributed by atoms with Gasteiger partial charge in [-0.25, -0.2) is 0 Å². The van der Waals surface area contributed by atoms with Gasteiger partial charge in [-0.1, -0.05) is 19.1 Å². The van der Waals surface area contributed by atoms with E-state index in [1.54, 1.807) is 31.2 Å². The highest BCUT2D eigenvalue weighted by molar-refractivity contribution is 5.97. The quantitative estimate of drug-likeness (QED) is 0.753. The number of ether oxygens (including phenoxy) is 1. The van der Waals surface area contributed by atoms with E-state index >= 15 is 0 Å². The molecular formula is C15H21NO5. The van der Waals surface area contributed by atoms with Crippen LogP contribution in [0.4, 0.5) is 0 Å². The molecule has 1 amide bonds. The Bertz CT molecular complexity index is 489. The lowest BCUT2D eigenvalue weighted by atomic mass is 10.1. The van der Waals surface area contributed by atoms with Crippen molar-refractivity contribution < 1.29 is 24.5 Å². The lowest BCUT2D eigenvalue weighted by Crippen LogP contribution is -2.38. The van der Waals surface area contributed by atoms with Crippen molar-refractivity contribution >= 4 is 11.9 Å². The maximum absolute atomic E-state index is 12.6. The van der Waals surface area contributed by atoms with Crippen LogP contribution in [-0.4, -0.2) is 53.8 Å². The molecule has 0 spiro atoms. The van der Waals surface area contributed by atoms with Gasteiger partial charge < -0.3 is 19.8 Å². The third kappa shape index (κ3) is 4.75. The number of hydrogen-bond acceptors (Lipinski definition) is 4. The molecule has 0 saturated heterocycles. The topological polar surface area (TPSA) is 87.1 Å². The summed E-state index contributed by atoms with van der Waals surface area (Å²) in [6.07, 6.45) is 0.396. The summed E-state index contributed by atoms with van der Waals surface area (Å²) < 4.78 is 5.16. The van der Waals surface area contributed by atoms with Crippen molar-refractivity contribution in [2.45, 2.75) is 13.3 Å². The molecule has 21 heavy (non-hydrogen) atoms. The molecule has 0 saturated carbocycles. The van der Waals surface area contributed by atoms with Gasteiger partial charge in [0.25, 0.3) is 5.91 Å². The molecule has 0 heterocycles. The highest BCUT2D eigenvalue weighted by Gasteiger charge is 2.23. The summed E-state index contributed by atoms with van der Waals surface area (Å²) in [7, 11) is 1.48. The normalized spacial score (nSPS) is 11.8. The zero-order chi connectivity index (χ0) is 15.8. The van der Waals surface area contributed by atoms with Crippen molar-refractivity contribution in [2.75, 3.05) is 26.8 Å². The van der Waals surface area contributed by atoms with E-state index in [1.807, 2.05) is 0 Å². The van der Waals surface area contributed by atoms with Gasteiger partial charge in [0.15, 0.2) is 0 Å². The summed E-state index contributed by atoms with van der Waals surface area (Å²) in [4.78, 5) is 25.0. The molecular weight excluding hydrogens is 274 g/mol. The van der Waals surface area contributed by atoms with Crippen LogP contribution in [0.15, 0.2) is 24.3 Å². The molecule has 2 N–H and O–H groups in total. The van der Waals surface area contributed by atoms with Crippen LogP contribution in [0.25, 0.3) is 0 Å². The molecule has 1 rings (SSSR count). The van der Waals surface area contributed by atoms with Gasteiger partial charge in [0, 0.05) is 19.7 Å². The molecule has 0 aliphatic carbocycles. The van der Waals surface area contributed by atoms with E-state index in [4.69, 9.17) is 14.9 Å². The molecule has 116 valence electrons. The Morgan fingerprint density at radius 2 is 2.00 bits per heavy atom. The van der Waals surface area contributed by atoms with Crippen LogP contribution in [0.1, 0.15) is 23.7 Å². The third-order valence-electron chi connectivity index (χ3n) is 3.13. The zero-order valence-corrected chi connectivity index (χ0v) is 12.3. The molecule has 1 aromatic carbocycles. The molecule has 0 aliphatic rings. The minimum absolute atomic E-state index is 0.0584. The van der Waals surface area contributed by atoms with E-state index in [-0.39, 0.29) is 19.1 Å². The number of aliphatic hydroxyl groups excluding tert-OH is 1. The van der Waals surface area contributed by atoms with Gasteiger partial charge in [-0.2, -0.15) is 0 Å². The Kier molecular flexibility index (Phi) is 6.68. The minimum atomic E-state index is -0.961. The first-order valence-corrected chi connectivity index (χ1v) is 6.77. The Labute approximate surface area is 124 Å². The van der Waals surface area contributed by atoms with Gasteiger partial charge in [0.05, 0.1) is 18.6 Å². The Morgan fingerprint density at radius 3 is 2.57 bits per heavy atom. The van der Waals surface area contributed by atoms with E-state index in [2.05, 4.69) is 0 Å². The number of methoxy groups -OCH3 is 1. The number of hydrogen-bond donors (Lipinski definition) is 2. The van der Waals surface area contributed by atoms with Crippen molar-refractivity contribution in [2.24, 2.45) is 5.92 Å². The van der Waals surface area contributed by atoms with Crippen LogP contribution in [0.5, 0.6) is 5.75 Å². The highest BCUT2D eigenvalue weighted by atomic mass is 16.5. The molecule has 1 aromatic rings. The average Bonchev–Trinajstić information content (AvgIpc) is 2.50. The second kappa shape index (κ2) is 8.26. The van der Waals surface area contributed by atoms with E-state index in [9.17, 15) is 9.59 Å². The lowest BCUT2D eigenvalue weighted by molar-refractivity contribution is -0.141. The number of nitrogens with zero attached hydrogens (tertiary/aromatic N) is 1. The smallest absolute Gasteiger partial charge is 0.308 e. The van der Waals surface area contributed by atoms with E-state index in [1.165, 1.54) is 12.0 Å². The van der Waals surface area contributed by atoms with Gasteiger partial charge in [-0.15, -0.1) is 0 Å². The molecule has 0 radical (unpaired) electrons. The number of benzene rings is 1. The first-order chi connectivity index (χ1) is 10.0. The predicted molar refractivity (Wildman–Crippen MR) is 77.4 cm³/mol. The fourth-order valence-electron chi connectivity index (χ4n) is 1.94. The maximum atomic E-state index is 12.6. The molecule has 0 fully saturated rings. The second-order valence-electron chi connectivity index (χ2n) is 4.77. The van der Waals surface area contributed by atoms with Crippen molar-refractivity contribution in [3.8, 4) is 5.75 Å². The van der Waals surface area contributed by atoms with Gasteiger partial charge in [-0.05, 0) is 18.6 Å². The zero-order valence-electron chi connectivity index (χ0n) is 12.3.